The Morgan fingerprint density at radius 2 is 1.91 bits per heavy atom. The first-order valence-electron chi connectivity index (χ1n) is 9.40. The summed E-state index contributed by atoms with van der Waals surface area (Å²) in [6.07, 6.45) is 0. The molecule has 3 rings (SSSR count). The van der Waals surface area contributed by atoms with Crippen LogP contribution in [-0.4, -0.2) is 20.9 Å². The van der Waals surface area contributed by atoms with Crippen LogP contribution in [0.2, 0.25) is 10.0 Å². The van der Waals surface area contributed by atoms with Gasteiger partial charge in [0.2, 0.25) is 15.8 Å². The fourth-order valence-electron chi connectivity index (χ4n) is 2.81. The summed E-state index contributed by atoms with van der Waals surface area (Å²) in [6.45, 7) is 1.02. The van der Waals surface area contributed by atoms with Gasteiger partial charge in [-0.1, -0.05) is 23.2 Å². The molecule has 3 N–H and O–H groups in total. The summed E-state index contributed by atoms with van der Waals surface area (Å²) in [5, 5.41) is 16.8. The van der Waals surface area contributed by atoms with Gasteiger partial charge in [0, 0.05) is 10.7 Å². The van der Waals surface area contributed by atoms with E-state index in [1.54, 1.807) is 6.92 Å². The third-order valence-electron chi connectivity index (χ3n) is 4.39. The summed E-state index contributed by atoms with van der Waals surface area (Å²) in [4.78, 5) is 12.2. The van der Waals surface area contributed by atoms with Crippen molar-refractivity contribution in [2.24, 2.45) is 5.14 Å². The fourth-order valence-corrected chi connectivity index (χ4v) is 3.81. The van der Waals surface area contributed by atoms with E-state index in [1.165, 1.54) is 48.5 Å². The number of sulfonamides is 1. The first kappa shape index (κ1) is 25.3. The number of primary sulfonamides is 1. The van der Waals surface area contributed by atoms with Gasteiger partial charge >= 0.3 is 0 Å². The largest absolute Gasteiger partial charge is 0.481 e. The van der Waals surface area contributed by atoms with Crippen molar-refractivity contribution in [3.8, 4) is 23.3 Å². The third kappa shape index (κ3) is 6.15. The van der Waals surface area contributed by atoms with Crippen LogP contribution in [0.4, 0.5) is 10.1 Å². The molecule has 0 unspecified atom stereocenters. The van der Waals surface area contributed by atoms with Crippen LogP contribution in [0.25, 0.3) is 0 Å². The fraction of sp³-hybridized carbons (Fsp3) is 0.0909. The van der Waals surface area contributed by atoms with Crippen LogP contribution >= 0.6 is 23.2 Å². The van der Waals surface area contributed by atoms with Crippen molar-refractivity contribution >= 4 is 44.8 Å². The number of amides is 1. The average Bonchev–Trinajstić information content (AvgIpc) is 2.76. The summed E-state index contributed by atoms with van der Waals surface area (Å²) in [6, 6.07) is 12.5. The van der Waals surface area contributed by atoms with Gasteiger partial charge in [-0.2, -0.15) is 9.65 Å². The number of nitrogens with two attached hydrogens (primary N) is 1. The highest BCUT2D eigenvalue weighted by Gasteiger charge is 2.18. The standard InChI is InChI=1S/C22H16Cl2FN3O5S/c1-12-6-16(34(27,30)31)2-4-18(12)28-20(29)11-32-19-5-3-17(24)22(21(19)25)33-15-8-13(10-26)7-14(23)9-15/h2-9H,11H2,1H3,(H,28,29)(H2,27,30,31). The molecule has 0 aliphatic heterocycles. The minimum absolute atomic E-state index is 0.0710. The van der Waals surface area contributed by atoms with Gasteiger partial charge in [0.05, 0.1) is 21.6 Å². The van der Waals surface area contributed by atoms with E-state index in [2.05, 4.69) is 5.32 Å². The van der Waals surface area contributed by atoms with Crippen LogP contribution in [0.3, 0.4) is 0 Å². The van der Waals surface area contributed by atoms with Crippen LogP contribution < -0.4 is 19.9 Å². The summed E-state index contributed by atoms with van der Waals surface area (Å²) in [5.74, 6) is -2.19. The summed E-state index contributed by atoms with van der Waals surface area (Å²) in [5.41, 5.74) is 0.984. The first-order chi connectivity index (χ1) is 16.0. The molecular formula is C22H16Cl2FN3O5S. The number of carbonyl (C=O) groups excluding carboxylic acids is 1. The highest BCUT2D eigenvalue weighted by Crippen LogP contribution is 2.37. The Hall–Kier alpha value is -3.36. The van der Waals surface area contributed by atoms with Crippen molar-refractivity contribution in [3.05, 3.63) is 75.5 Å². The molecule has 0 atom stereocenters. The summed E-state index contributed by atoms with van der Waals surface area (Å²) >= 11 is 12.0. The Morgan fingerprint density at radius 1 is 1.18 bits per heavy atom. The Bertz CT molecular complexity index is 1420. The molecule has 0 spiro atoms. The van der Waals surface area contributed by atoms with Gasteiger partial charge in [0.15, 0.2) is 18.1 Å². The van der Waals surface area contributed by atoms with Crippen molar-refractivity contribution in [2.75, 3.05) is 11.9 Å². The first-order valence-corrected chi connectivity index (χ1v) is 11.7. The lowest BCUT2D eigenvalue weighted by atomic mass is 10.2. The molecule has 0 bridgehead atoms. The monoisotopic (exact) mass is 523 g/mol. The van der Waals surface area contributed by atoms with Gasteiger partial charge in [-0.3, -0.25) is 4.79 Å². The number of aryl methyl sites for hydroxylation is 1. The second kappa shape index (κ2) is 10.3. The van der Waals surface area contributed by atoms with E-state index in [1.807, 2.05) is 6.07 Å². The predicted molar refractivity (Wildman–Crippen MR) is 124 cm³/mol. The van der Waals surface area contributed by atoms with Gasteiger partial charge < -0.3 is 14.8 Å². The van der Waals surface area contributed by atoms with Crippen LogP contribution in [0.5, 0.6) is 17.2 Å². The molecule has 8 nitrogen and oxygen atoms in total. The number of rotatable bonds is 7. The number of ether oxygens (including phenoxy) is 2. The molecule has 0 radical (unpaired) electrons. The number of nitriles is 1. The zero-order valence-corrected chi connectivity index (χ0v) is 19.8. The Balaban J connectivity index is 1.73. The Morgan fingerprint density at radius 3 is 2.56 bits per heavy atom. The number of hydrogen-bond donors (Lipinski definition) is 2. The van der Waals surface area contributed by atoms with E-state index in [0.717, 1.165) is 0 Å². The van der Waals surface area contributed by atoms with E-state index in [-0.39, 0.29) is 37.8 Å². The second-order valence-electron chi connectivity index (χ2n) is 6.94. The van der Waals surface area contributed by atoms with Crippen molar-refractivity contribution in [1.82, 2.24) is 0 Å². The van der Waals surface area contributed by atoms with Crippen LogP contribution in [0.1, 0.15) is 11.1 Å². The zero-order chi connectivity index (χ0) is 25.0. The molecule has 176 valence electrons. The van der Waals surface area contributed by atoms with Crippen LogP contribution in [0, 0.1) is 24.1 Å². The molecule has 0 aliphatic rings. The number of nitrogens with zero attached hydrogens (tertiary/aromatic N) is 1. The van der Waals surface area contributed by atoms with Crippen LogP contribution in [-0.2, 0) is 14.8 Å². The number of hydrogen-bond acceptors (Lipinski definition) is 6. The SMILES string of the molecule is Cc1cc(S(N)(=O)=O)ccc1NC(=O)COc1ccc(Cl)c(Oc2cc(Cl)cc(C#N)c2)c1F. The van der Waals surface area contributed by atoms with E-state index in [9.17, 15) is 17.6 Å². The summed E-state index contributed by atoms with van der Waals surface area (Å²) in [7, 11) is -3.88. The highest BCUT2D eigenvalue weighted by atomic mass is 35.5. The summed E-state index contributed by atoms with van der Waals surface area (Å²) < 4.78 is 48.6. The van der Waals surface area contributed by atoms with Crippen molar-refractivity contribution in [2.45, 2.75) is 11.8 Å². The lowest BCUT2D eigenvalue weighted by Gasteiger charge is -2.14. The lowest BCUT2D eigenvalue weighted by Crippen LogP contribution is -2.21. The molecule has 0 aromatic heterocycles. The molecule has 0 aliphatic carbocycles. The number of benzene rings is 3. The van der Waals surface area contributed by atoms with Gasteiger partial charge in [-0.05, 0) is 61.0 Å². The molecule has 0 saturated heterocycles. The minimum atomic E-state index is -3.88. The second-order valence-corrected chi connectivity index (χ2v) is 9.34. The zero-order valence-electron chi connectivity index (χ0n) is 17.4. The van der Waals surface area contributed by atoms with Gasteiger partial charge in [-0.15, -0.1) is 0 Å². The molecular weight excluding hydrogens is 508 g/mol. The van der Waals surface area contributed by atoms with E-state index >= 15 is 0 Å². The lowest BCUT2D eigenvalue weighted by molar-refractivity contribution is -0.118. The van der Waals surface area contributed by atoms with E-state index in [0.29, 0.717) is 11.3 Å². The van der Waals surface area contributed by atoms with E-state index in [4.69, 9.17) is 43.1 Å². The van der Waals surface area contributed by atoms with Crippen molar-refractivity contribution < 1.29 is 27.1 Å². The van der Waals surface area contributed by atoms with Crippen molar-refractivity contribution in [1.29, 1.82) is 5.26 Å². The average molecular weight is 524 g/mol. The smallest absolute Gasteiger partial charge is 0.262 e. The number of anilines is 1. The Labute approximate surface area is 204 Å². The maximum Gasteiger partial charge on any atom is 0.262 e. The third-order valence-corrected chi connectivity index (χ3v) is 5.82. The number of halogens is 3. The minimum Gasteiger partial charge on any atom is -0.481 e. The molecule has 3 aromatic rings. The number of nitrogens with one attached hydrogen (secondary N) is 1. The molecule has 0 heterocycles. The molecule has 3 aromatic carbocycles. The predicted octanol–water partition coefficient (Wildman–Crippen LogP) is 4.77. The van der Waals surface area contributed by atoms with Gasteiger partial charge in [-0.25, -0.2) is 13.6 Å². The quantitative estimate of drug-likeness (QED) is 0.458. The molecule has 1 amide bonds. The number of carbonyl (C=O) groups is 1. The molecule has 12 heteroatoms. The molecule has 34 heavy (non-hydrogen) atoms. The highest BCUT2D eigenvalue weighted by molar-refractivity contribution is 7.89. The molecule has 0 saturated carbocycles. The van der Waals surface area contributed by atoms with Crippen molar-refractivity contribution in [3.63, 3.8) is 0 Å². The molecule has 0 fully saturated rings. The van der Waals surface area contributed by atoms with Gasteiger partial charge in [0.25, 0.3) is 5.91 Å². The Kier molecular flexibility index (Phi) is 7.64. The maximum atomic E-state index is 15.0. The van der Waals surface area contributed by atoms with E-state index < -0.39 is 28.4 Å². The van der Waals surface area contributed by atoms with Crippen LogP contribution in [0.15, 0.2) is 53.4 Å². The van der Waals surface area contributed by atoms with Gasteiger partial charge in [0.1, 0.15) is 5.75 Å². The topological polar surface area (TPSA) is 132 Å². The maximum absolute atomic E-state index is 15.0. The normalized spacial score (nSPS) is 10.9.